The van der Waals surface area contributed by atoms with Gasteiger partial charge in [-0.3, -0.25) is 4.79 Å². The van der Waals surface area contributed by atoms with E-state index >= 15 is 4.39 Å². The number of aromatic nitrogens is 3. The van der Waals surface area contributed by atoms with Crippen LogP contribution in [0.5, 0.6) is 0 Å². The van der Waals surface area contributed by atoms with Crippen molar-refractivity contribution in [2.45, 2.75) is 43.3 Å². The zero-order valence-electron chi connectivity index (χ0n) is 17.4. The fourth-order valence-electron chi connectivity index (χ4n) is 3.97. The Morgan fingerprint density at radius 1 is 1.21 bits per heavy atom. The summed E-state index contributed by atoms with van der Waals surface area (Å²) in [5.41, 5.74) is -0.445. The molecule has 11 heteroatoms. The van der Waals surface area contributed by atoms with Crippen LogP contribution < -0.4 is 10.0 Å². The quantitative estimate of drug-likeness (QED) is 0.224. The van der Waals surface area contributed by atoms with Crippen molar-refractivity contribution in [1.82, 2.24) is 15.0 Å². The van der Waals surface area contributed by atoms with Gasteiger partial charge >= 0.3 is 0 Å². The second-order valence-corrected chi connectivity index (χ2v) is 9.63. The lowest BCUT2D eigenvalue weighted by Gasteiger charge is -2.14. The third kappa shape index (κ3) is 4.50. The number of aromatic amines is 1. The van der Waals surface area contributed by atoms with E-state index in [1.54, 1.807) is 0 Å². The van der Waals surface area contributed by atoms with Crippen LogP contribution >= 0.6 is 11.9 Å². The van der Waals surface area contributed by atoms with Crippen LogP contribution in [-0.2, 0) is 0 Å². The lowest BCUT2D eigenvalue weighted by Crippen LogP contribution is -2.12. The highest BCUT2D eigenvalue weighted by Gasteiger charge is 2.40. The number of carbonyl (C=O) groups is 1. The summed E-state index contributed by atoms with van der Waals surface area (Å²) in [6.07, 6.45) is 4.69. The summed E-state index contributed by atoms with van der Waals surface area (Å²) in [5, 5.41) is 3.15. The van der Waals surface area contributed by atoms with E-state index < -0.39 is 34.2 Å². The molecule has 0 amide bonds. The Labute approximate surface area is 191 Å². The van der Waals surface area contributed by atoms with E-state index in [2.05, 4.69) is 25.0 Å². The van der Waals surface area contributed by atoms with Crippen LogP contribution in [0.25, 0.3) is 11.0 Å². The molecule has 2 fully saturated rings. The Balaban J connectivity index is 1.42. The minimum atomic E-state index is -2.73. The Kier molecular flexibility index (Phi) is 5.67. The summed E-state index contributed by atoms with van der Waals surface area (Å²) in [6, 6.07) is 2.14. The van der Waals surface area contributed by atoms with E-state index in [-0.39, 0.29) is 30.5 Å². The molecule has 174 valence electrons. The Bertz CT molecular complexity index is 1210. The number of hydrogen-bond donors (Lipinski definition) is 3. The molecule has 0 aliphatic heterocycles. The Morgan fingerprint density at radius 3 is 2.76 bits per heavy atom. The second kappa shape index (κ2) is 8.51. The van der Waals surface area contributed by atoms with Gasteiger partial charge in [0.25, 0.3) is 0 Å². The van der Waals surface area contributed by atoms with Crippen LogP contribution in [0.2, 0.25) is 0 Å². The molecule has 0 radical (unpaired) electrons. The molecule has 2 aliphatic rings. The van der Waals surface area contributed by atoms with E-state index in [9.17, 15) is 18.0 Å². The maximum Gasteiger partial charge on any atom is 0.249 e. The van der Waals surface area contributed by atoms with Gasteiger partial charge in [-0.25, -0.2) is 27.5 Å². The lowest BCUT2D eigenvalue weighted by atomic mass is 10.0. The second-order valence-electron chi connectivity index (χ2n) is 8.53. The minimum absolute atomic E-state index is 0.0435. The number of hydrogen-bond acceptors (Lipinski definition) is 6. The first-order chi connectivity index (χ1) is 15.8. The van der Waals surface area contributed by atoms with Gasteiger partial charge in [0, 0.05) is 30.8 Å². The molecular formula is C22H21F4N5OS. The maximum absolute atomic E-state index is 15.2. The van der Waals surface area contributed by atoms with E-state index in [4.69, 9.17) is 0 Å². The molecule has 0 saturated heterocycles. The monoisotopic (exact) mass is 479 g/mol. The van der Waals surface area contributed by atoms with E-state index in [1.807, 2.05) is 0 Å². The van der Waals surface area contributed by atoms with Gasteiger partial charge in [0.1, 0.15) is 23.6 Å². The average molecular weight is 480 g/mol. The van der Waals surface area contributed by atoms with Crippen molar-refractivity contribution in [1.29, 1.82) is 0 Å². The Morgan fingerprint density at radius 2 is 2.03 bits per heavy atom. The van der Waals surface area contributed by atoms with E-state index in [0.717, 1.165) is 36.9 Å². The minimum Gasteiger partial charge on any atom is -0.369 e. The number of fused-ring (bicyclic) bond motifs is 1. The van der Waals surface area contributed by atoms with Crippen LogP contribution in [0.3, 0.4) is 0 Å². The number of carbonyl (C=O) groups excluding carboxylic acids is 1. The molecule has 0 spiro atoms. The molecule has 3 aromatic rings. The molecule has 6 nitrogen and oxygen atoms in total. The van der Waals surface area contributed by atoms with Crippen LogP contribution in [0.4, 0.5) is 29.1 Å². The van der Waals surface area contributed by atoms with Gasteiger partial charge in [-0.1, -0.05) is 0 Å². The smallest absolute Gasteiger partial charge is 0.249 e. The third-order valence-corrected chi connectivity index (χ3v) is 7.06. The van der Waals surface area contributed by atoms with Gasteiger partial charge in [0.15, 0.2) is 5.82 Å². The van der Waals surface area contributed by atoms with Crippen molar-refractivity contribution in [3.63, 3.8) is 0 Å². The number of benzene rings is 1. The summed E-state index contributed by atoms with van der Waals surface area (Å²) in [5.74, 6) is -4.71. The SMILES string of the molecule is O=C(c1c(F)ccc(NSC2CCC(F)(F)C2)c1F)c1c[nH]c2ncnc(NCC3CC3)c12. The van der Waals surface area contributed by atoms with Gasteiger partial charge < -0.3 is 15.0 Å². The van der Waals surface area contributed by atoms with Crippen molar-refractivity contribution in [2.24, 2.45) is 5.92 Å². The van der Waals surface area contributed by atoms with Crippen LogP contribution in [0.1, 0.15) is 48.0 Å². The van der Waals surface area contributed by atoms with Gasteiger partial charge in [-0.15, -0.1) is 0 Å². The summed E-state index contributed by atoms with van der Waals surface area (Å²) < 4.78 is 59.4. The highest BCUT2D eigenvalue weighted by molar-refractivity contribution is 8.01. The molecule has 2 heterocycles. The first-order valence-electron chi connectivity index (χ1n) is 10.7. The molecule has 5 rings (SSSR count). The molecular weight excluding hydrogens is 458 g/mol. The number of halogens is 4. The van der Waals surface area contributed by atoms with Gasteiger partial charge in [0.2, 0.25) is 11.7 Å². The van der Waals surface area contributed by atoms with Crippen LogP contribution in [0.15, 0.2) is 24.7 Å². The number of nitrogens with one attached hydrogen (secondary N) is 3. The fraction of sp³-hybridized carbons (Fsp3) is 0.409. The molecule has 33 heavy (non-hydrogen) atoms. The van der Waals surface area contributed by atoms with Gasteiger partial charge in [0.05, 0.1) is 22.2 Å². The molecule has 2 aliphatic carbocycles. The number of alkyl halides is 2. The average Bonchev–Trinajstić information content (AvgIpc) is 3.40. The lowest BCUT2D eigenvalue weighted by molar-refractivity contribution is 0.00978. The number of ketones is 1. The third-order valence-electron chi connectivity index (χ3n) is 5.98. The fourth-order valence-corrected chi connectivity index (χ4v) is 4.98. The van der Waals surface area contributed by atoms with E-state index in [0.29, 0.717) is 29.3 Å². The Hall–Kier alpha value is -2.82. The summed E-state index contributed by atoms with van der Waals surface area (Å²) in [6.45, 7) is 0.685. The molecule has 1 atom stereocenters. The normalized spacial score (nSPS) is 19.7. The molecule has 1 aromatic carbocycles. The first-order valence-corrected chi connectivity index (χ1v) is 11.6. The topological polar surface area (TPSA) is 82.7 Å². The largest absolute Gasteiger partial charge is 0.369 e. The molecule has 2 aromatic heterocycles. The highest BCUT2D eigenvalue weighted by Crippen LogP contribution is 2.41. The zero-order valence-corrected chi connectivity index (χ0v) is 18.2. The molecule has 0 bridgehead atoms. The zero-order chi connectivity index (χ0) is 23.2. The number of rotatable bonds is 8. The summed E-state index contributed by atoms with van der Waals surface area (Å²) >= 11 is 0.958. The number of H-pyrrole nitrogens is 1. The molecule has 3 N–H and O–H groups in total. The van der Waals surface area contributed by atoms with Gasteiger partial charge in [-0.2, -0.15) is 0 Å². The van der Waals surface area contributed by atoms with Gasteiger partial charge in [-0.05, 0) is 49.3 Å². The maximum atomic E-state index is 15.2. The van der Waals surface area contributed by atoms with E-state index in [1.165, 1.54) is 12.5 Å². The van der Waals surface area contributed by atoms with Crippen molar-refractivity contribution in [3.05, 3.63) is 47.4 Å². The summed E-state index contributed by atoms with van der Waals surface area (Å²) in [4.78, 5) is 24.4. The standard InChI is InChI=1S/C22H21F4N5OS/c23-14-3-4-15(31-33-12-5-6-22(25,26)7-12)18(24)17(14)19(32)13-9-28-21-16(13)20(29-10-30-21)27-8-11-1-2-11/h3-4,9-12,31H,1-2,5-8H2,(H2,27,28,29,30). The molecule has 2 saturated carbocycles. The van der Waals surface area contributed by atoms with Crippen molar-refractivity contribution in [2.75, 3.05) is 16.6 Å². The number of anilines is 2. The number of nitrogens with zero attached hydrogens (tertiary/aromatic N) is 2. The predicted molar refractivity (Wildman–Crippen MR) is 119 cm³/mol. The van der Waals surface area contributed by atoms with Crippen molar-refractivity contribution >= 4 is 40.3 Å². The van der Waals surface area contributed by atoms with Crippen LogP contribution in [-0.4, -0.2) is 38.5 Å². The van der Waals surface area contributed by atoms with Crippen molar-refractivity contribution < 1.29 is 22.4 Å². The van der Waals surface area contributed by atoms with Crippen LogP contribution in [0, 0.1) is 17.6 Å². The molecule has 1 unspecified atom stereocenters. The predicted octanol–water partition coefficient (Wildman–Crippen LogP) is 5.54. The first kappa shape index (κ1) is 22.0. The summed E-state index contributed by atoms with van der Waals surface area (Å²) in [7, 11) is 0. The van der Waals surface area contributed by atoms with Crippen molar-refractivity contribution in [3.8, 4) is 0 Å². The highest BCUT2D eigenvalue weighted by atomic mass is 32.2.